The fraction of sp³-hybridized carbons (Fsp3) is 0.800. The molecular formula is C10H19N3O2S. The minimum Gasteiger partial charge on any atom is -0.388 e. The van der Waals surface area contributed by atoms with Crippen molar-refractivity contribution in [3.8, 4) is 0 Å². The molecule has 0 aromatic carbocycles. The number of rotatable bonds is 8. The predicted molar refractivity (Wildman–Crippen MR) is 63.5 cm³/mol. The lowest BCUT2D eigenvalue weighted by atomic mass is 10.4. The van der Waals surface area contributed by atoms with Gasteiger partial charge in [0, 0.05) is 26.0 Å². The summed E-state index contributed by atoms with van der Waals surface area (Å²) in [6.45, 7) is 3.67. The number of hydrogen-bond acceptors (Lipinski definition) is 5. The zero-order chi connectivity index (χ0) is 11.8. The number of nitrogens with zero attached hydrogens (tertiary/aromatic N) is 3. The summed E-state index contributed by atoms with van der Waals surface area (Å²) in [5.74, 6) is 1.61. The van der Waals surface area contributed by atoms with Crippen molar-refractivity contribution in [1.82, 2.24) is 14.8 Å². The maximum atomic E-state index is 9.12. The summed E-state index contributed by atoms with van der Waals surface area (Å²) in [4.78, 5) is 0. The Kier molecular flexibility index (Phi) is 6.44. The fourth-order valence-corrected chi connectivity index (χ4v) is 2.25. The molecule has 0 saturated carbocycles. The van der Waals surface area contributed by atoms with Gasteiger partial charge in [0.25, 0.3) is 0 Å². The molecule has 0 aliphatic heterocycles. The summed E-state index contributed by atoms with van der Waals surface area (Å²) < 4.78 is 6.97. The van der Waals surface area contributed by atoms with Gasteiger partial charge in [0.2, 0.25) is 0 Å². The number of aliphatic hydroxyl groups excluding tert-OH is 1. The molecule has 92 valence electrons. The Morgan fingerprint density at radius 2 is 2.25 bits per heavy atom. The Bertz CT molecular complexity index is 304. The highest BCUT2D eigenvalue weighted by Gasteiger charge is 2.10. The van der Waals surface area contributed by atoms with Gasteiger partial charge in [-0.25, -0.2) is 0 Å². The average molecular weight is 245 g/mol. The van der Waals surface area contributed by atoms with Gasteiger partial charge in [-0.2, -0.15) is 0 Å². The summed E-state index contributed by atoms with van der Waals surface area (Å²) >= 11 is 1.66. The summed E-state index contributed by atoms with van der Waals surface area (Å²) in [6, 6.07) is 0. The second kappa shape index (κ2) is 7.65. The molecule has 1 rings (SSSR count). The number of hydrogen-bond donors (Lipinski definition) is 1. The van der Waals surface area contributed by atoms with E-state index < -0.39 is 0 Å². The van der Waals surface area contributed by atoms with Gasteiger partial charge in [0.1, 0.15) is 6.61 Å². The first-order valence-electron chi connectivity index (χ1n) is 5.48. The van der Waals surface area contributed by atoms with Crippen molar-refractivity contribution < 1.29 is 9.84 Å². The first-order chi connectivity index (χ1) is 7.83. The van der Waals surface area contributed by atoms with E-state index in [9.17, 15) is 0 Å². The molecule has 1 heterocycles. The quantitative estimate of drug-likeness (QED) is 0.553. The van der Waals surface area contributed by atoms with Gasteiger partial charge in [-0.3, -0.25) is 0 Å². The molecule has 5 nitrogen and oxygen atoms in total. The molecule has 0 fully saturated rings. The predicted octanol–water partition coefficient (Wildman–Crippen LogP) is 1.31. The van der Waals surface area contributed by atoms with Crippen LogP contribution in [-0.2, 0) is 17.9 Å². The highest BCUT2D eigenvalue weighted by atomic mass is 32.2. The van der Waals surface area contributed by atoms with E-state index in [0.717, 1.165) is 36.9 Å². The fourth-order valence-electron chi connectivity index (χ4n) is 1.36. The summed E-state index contributed by atoms with van der Waals surface area (Å²) in [5.41, 5.74) is 0. The van der Waals surface area contributed by atoms with Gasteiger partial charge in [-0.1, -0.05) is 18.7 Å². The third-order valence-electron chi connectivity index (χ3n) is 2.11. The summed E-state index contributed by atoms with van der Waals surface area (Å²) in [5, 5.41) is 18.0. The highest BCUT2D eigenvalue weighted by Crippen LogP contribution is 2.18. The van der Waals surface area contributed by atoms with Crippen LogP contribution in [-0.4, -0.2) is 39.3 Å². The number of ether oxygens (including phenoxy) is 1. The average Bonchev–Trinajstić information content (AvgIpc) is 2.68. The Balaban J connectivity index is 2.53. The molecule has 0 aliphatic carbocycles. The molecule has 1 aromatic heterocycles. The number of methoxy groups -OCH3 is 1. The first kappa shape index (κ1) is 13.5. The normalized spacial score (nSPS) is 10.9. The monoisotopic (exact) mass is 245 g/mol. The molecule has 0 amide bonds. The van der Waals surface area contributed by atoms with Gasteiger partial charge < -0.3 is 14.4 Å². The van der Waals surface area contributed by atoms with Crippen LogP contribution in [0.2, 0.25) is 0 Å². The van der Waals surface area contributed by atoms with E-state index in [1.54, 1.807) is 18.9 Å². The van der Waals surface area contributed by atoms with E-state index >= 15 is 0 Å². The third kappa shape index (κ3) is 3.77. The van der Waals surface area contributed by atoms with E-state index in [-0.39, 0.29) is 6.61 Å². The number of thioether (sulfide) groups is 1. The largest absolute Gasteiger partial charge is 0.388 e. The second-order valence-corrected chi connectivity index (χ2v) is 4.47. The lowest BCUT2D eigenvalue weighted by molar-refractivity contribution is 0.200. The van der Waals surface area contributed by atoms with Crippen LogP contribution >= 0.6 is 11.8 Å². The third-order valence-corrected chi connectivity index (χ3v) is 3.16. The molecule has 6 heteroatoms. The molecule has 1 N–H and O–H groups in total. The van der Waals surface area contributed by atoms with Crippen LogP contribution < -0.4 is 0 Å². The van der Waals surface area contributed by atoms with Crippen LogP contribution in [0.25, 0.3) is 0 Å². The van der Waals surface area contributed by atoms with E-state index in [4.69, 9.17) is 9.84 Å². The SMILES string of the molecule is CCCn1c(CO)nnc1SCCCOC. The van der Waals surface area contributed by atoms with E-state index in [1.807, 2.05) is 4.57 Å². The van der Waals surface area contributed by atoms with E-state index in [2.05, 4.69) is 17.1 Å². The Hall–Kier alpha value is -0.590. The molecule has 16 heavy (non-hydrogen) atoms. The smallest absolute Gasteiger partial charge is 0.191 e. The van der Waals surface area contributed by atoms with Crippen molar-refractivity contribution in [2.24, 2.45) is 0 Å². The van der Waals surface area contributed by atoms with E-state index in [1.165, 1.54) is 0 Å². The zero-order valence-corrected chi connectivity index (χ0v) is 10.7. The first-order valence-corrected chi connectivity index (χ1v) is 6.46. The Morgan fingerprint density at radius 1 is 1.44 bits per heavy atom. The van der Waals surface area contributed by atoms with Crippen molar-refractivity contribution in [3.63, 3.8) is 0 Å². The summed E-state index contributed by atoms with van der Waals surface area (Å²) in [6.07, 6.45) is 2.01. The van der Waals surface area contributed by atoms with Gasteiger partial charge in [0.15, 0.2) is 11.0 Å². The highest BCUT2D eigenvalue weighted by molar-refractivity contribution is 7.99. The Labute approximate surface area is 100 Å². The van der Waals surface area contributed by atoms with Crippen molar-refractivity contribution in [2.75, 3.05) is 19.5 Å². The maximum Gasteiger partial charge on any atom is 0.191 e. The number of aromatic nitrogens is 3. The lowest BCUT2D eigenvalue weighted by Crippen LogP contribution is -2.05. The molecular weight excluding hydrogens is 226 g/mol. The van der Waals surface area contributed by atoms with Crippen LogP contribution in [0, 0.1) is 0 Å². The van der Waals surface area contributed by atoms with Crippen LogP contribution in [0.3, 0.4) is 0 Å². The summed E-state index contributed by atoms with van der Waals surface area (Å²) in [7, 11) is 1.70. The lowest BCUT2D eigenvalue weighted by Gasteiger charge is -2.06. The van der Waals surface area contributed by atoms with E-state index in [0.29, 0.717) is 5.82 Å². The molecule has 0 unspecified atom stereocenters. The van der Waals surface area contributed by atoms with Crippen LogP contribution in [0.15, 0.2) is 5.16 Å². The second-order valence-electron chi connectivity index (χ2n) is 3.40. The number of aliphatic hydroxyl groups is 1. The molecule has 0 bridgehead atoms. The van der Waals surface area contributed by atoms with Crippen LogP contribution in [0.1, 0.15) is 25.6 Å². The minimum atomic E-state index is -0.0500. The maximum absolute atomic E-state index is 9.12. The molecule has 0 spiro atoms. The Morgan fingerprint density at radius 3 is 2.88 bits per heavy atom. The van der Waals surface area contributed by atoms with Crippen LogP contribution in [0.4, 0.5) is 0 Å². The van der Waals surface area contributed by atoms with Crippen molar-refractivity contribution in [1.29, 1.82) is 0 Å². The van der Waals surface area contributed by atoms with Gasteiger partial charge >= 0.3 is 0 Å². The van der Waals surface area contributed by atoms with Crippen molar-refractivity contribution in [3.05, 3.63) is 5.82 Å². The molecule has 0 aliphatic rings. The zero-order valence-electron chi connectivity index (χ0n) is 9.85. The van der Waals surface area contributed by atoms with Crippen molar-refractivity contribution >= 4 is 11.8 Å². The molecule has 0 saturated heterocycles. The molecule has 1 aromatic rings. The molecule has 0 atom stereocenters. The minimum absolute atomic E-state index is 0.0500. The van der Waals surface area contributed by atoms with Crippen molar-refractivity contribution in [2.45, 2.75) is 38.1 Å². The standard InChI is InChI=1S/C10H19N3O2S/c1-3-5-13-9(8-14)11-12-10(13)16-7-4-6-15-2/h14H,3-8H2,1-2H3. The molecule has 0 radical (unpaired) electrons. The van der Waals surface area contributed by atoms with Gasteiger partial charge in [0.05, 0.1) is 0 Å². The van der Waals surface area contributed by atoms with Crippen LogP contribution in [0.5, 0.6) is 0 Å². The van der Waals surface area contributed by atoms with Gasteiger partial charge in [-0.15, -0.1) is 10.2 Å². The van der Waals surface area contributed by atoms with Gasteiger partial charge in [-0.05, 0) is 12.8 Å². The topological polar surface area (TPSA) is 60.2 Å².